The van der Waals surface area contributed by atoms with Gasteiger partial charge in [0.15, 0.2) is 0 Å². The predicted octanol–water partition coefficient (Wildman–Crippen LogP) is 6.55. The van der Waals surface area contributed by atoms with Gasteiger partial charge in [0.25, 0.3) is 5.91 Å². The summed E-state index contributed by atoms with van der Waals surface area (Å²) in [6.07, 6.45) is 9.07. The van der Waals surface area contributed by atoms with Crippen molar-refractivity contribution in [2.45, 2.75) is 70.3 Å². The van der Waals surface area contributed by atoms with E-state index in [-0.39, 0.29) is 24.4 Å². The van der Waals surface area contributed by atoms with Gasteiger partial charge >= 0.3 is 11.9 Å². The number of carbonyl (C=O) groups excluding carboxylic acids is 4. The SMILES string of the molecule is C1CCC1.CN(CCN(C)C(=O)c1ccc(N2CCN(c3ccc(C=O)c(CN(C)C(C=O)CCC=O)c3)CC2)cc1)Cc1cc(C(F)(F)F)c2cn(-c3cccc(Cc4nncn4C)c3)c(=O)n2c1.CNC. The largest absolute Gasteiger partial charge is 0.418 e. The summed E-state index contributed by atoms with van der Waals surface area (Å²) in [7, 11) is 10.8. The van der Waals surface area contributed by atoms with E-state index < -0.39 is 23.5 Å². The van der Waals surface area contributed by atoms with Crippen LogP contribution in [0.15, 0.2) is 96.3 Å². The first kappa shape index (κ1) is 55.4. The molecule has 16 nitrogen and oxygen atoms in total. The summed E-state index contributed by atoms with van der Waals surface area (Å²) < 4.78 is 47.5. The molecule has 1 unspecified atom stereocenters. The molecule has 0 bridgehead atoms. The van der Waals surface area contributed by atoms with Crippen LogP contribution in [0.25, 0.3) is 11.2 Å². The third-order valence-corrected chi connectivity index (χ3v) is 13.2. The number of alkyl halides is 3. The highest BCUT2D eigenvalue weighted by Crippen LogP contribution is 2.34. The lowest BCUT2D eigenvalue weighted by Crippen LogP contribution is -2.46. The molecule has 1 saturated heterocycles. The average Bonchev–Trinajstić information content (AvgIpc) is 3.93. The lowest BCUT2D eigenvalue weighted by molar-refractivity contribution is -0.136. The number of aryl methyl sites for hydroxylation is 1. The number of fused-ring (bicyclic) bond motifs is 1. The molecule has 1 saturated carbocycles. The Balaban J connectivity index is 0.00000116. The number of aromatic nitrogens is 5. The van der Waals surface area contributed by atoms with Crippen molar-refractivity contribution >= 4 is 41.7 Å². The van der Waals surface area contributed by atoms with E-state index >= 15 is 0 Å². The van der Waals surface area contributed by atoms with E-state index in [0.29, 0.717) is 60.7 Å². The van der Waals surface area contributed by atoms with E-state index in [1.165, 1.54) is 42.6 Å². The van der Waals surface area contributed by atoms with Crippen LogP contribution in [-0.4, -0.2) is 144 Å². The van der Waals surface area contributed by atoms with Crippen molar-refractivity contribution < 1.29 is 32.3 Å². The molecule has 19 heteroatoms. The van der Waals surface area contributed by atoms with Gasteiger partial charge in [0.2, 0.25) is 0 Å². The molecule has 8 rings (SSSR count). The average molecular weight is 1010 g/mol. The molecule has 4 heterocycles. The first-order valence-electron chi connectivity index (χ1n) is 24.6. The molecule has 1 atom stereocenters. The van der Waals surface area contributed by atoms with E-state index in [4.69, 9.17) is 0 Å². The lowest BCUT2D eigenvalue weighted by Gasteiger charge is -2.37. The highest BCUT2D eigenvalue weighted by atomic mass is 19.4. The second-order valence-corrected chi connectivity index (χ2v) is 18.8. The van der Waals surface area contributed by atoms with Crippen LogP contribution in [0.1, 0.15) is 87.3 Å². The molecular weight excluding hydrogens is 940 g/mol. The van der Waals surface area contributed by atoms with Gasteiger partial charge < -0.3 is 39.1 Å². The fourth-order valence-corrected chi connectivity index (χ4v) is 8.59. The first-order valence-corrected chi connectivity index (χ1v) is 24.6. The third-order valence-electron chi connectivity index (χ3n) is 13.2. The Kier molecular flexibility index (Phi) is 19.8. The number of hydrogen-bond donors (Lipinski definition) is 1. The number of hydrogen-bond acceptors (Lipinski definition) is 12. The van der Waals surface area contributed by atoms with Crippen LogP contribution in [0, 0.1) is 0 Å². The molecule has 390 valence electrons. The lowest BCUT2D eigenvalue weighted by atomic mass is 10.0. The van der Waals surface area contributed by atoms with Gasteiger partial charge in [-0.3, -0.25) is 23.5 Å². The Morgan fingerprint density at radius 3 is 2.05 bits per heavy atom. The molecule has 3 aromatic heterocycles. The number of nitrogens with zero attached hydrogens (tertiary/aromatic N) is 10. The quantitative estimate of drug-likeness (QED) is 0.0877. The Hall–Kier alpha value is -6.96. The number of pyridine rings is 1. The Labute approximate surface area is 425 Å². The number of likely N-dealkylation sites (N-methyl/N-ethyl adjacent to an activating group) is 3. The maximum atomic E-state index is 14.5. The number of imidazole rings is 1. The van der Waals surface area contributed by atoms with Crippen LogP contribution < -0.4 is 20.8 Å². The predicted molar refractivity (Wildman–Crippen MR) is 278 cm³/mol. The Morgan fingerprint density at radius 2 is 1.47 bits per heavy atom. The smallest absolute Gasteiger partial charge is 0.368 e. The zero-order valence-corrected chi connectivity index (χ0v) is 42.7. The number of rotatable bonds is 19. The van der Waals surface area contributed by atoms with Crippen LogP contribution >= 0.6 is 0 Å². The van der Waals surface area contributed by atoms with Gasteiger partial charge in [0, 0.05) is 114 Å². The second kappa shape index (κ2) is 26.1. The summed E-state index contributed by atoms with van der Waals surface area (Å²) in [5.41, 5.74) is 3.52. The monoisotopic (exact) mass is 1010 g/mol. The molecule has 3 aromatic carbocycles. The minimum absolute atomic E-state index is 0.0988. The van der Waals surface area contributed by atoms with Crippen molar-refractivity contribution in [1.29, 1.82) is 0 Å². The number of benzene rings is 3. The van der Waals surface area contributed by atoms with Crippen molar-refractivity contribution in [3.8, 4) is 5.69 Å². The molecule has 0 radical (unpaired) electrons. The van der Waals surface area contributed by atoms with E-state index in [1.54, 1.807) is 73.3 Å². The number of anilines is 2. The van der Waals surface area contributed by atoms with Gasteiger partial charge in [0.05, 0.1) is 22.8 Å². The molecular formula is C54H68F3N11O5. The highest BCUT2D eigenvalue weighted by Gasteiger charge is 2.35. The first-order chi connectivity index (χ1) is 35.1. The number of aldehydes is 3. The molecule has 6 aromatic rings. The van der Waals surface area contributed by atoms with Crippen molar-refractivity contribution in [3.63, 3.8) is 0 Å². The van der Waals surface area contributed by atoms with Crippen LogP contribution in [-0.2, 0) is 42.3 Å². The number of piperazine rings is 1. The summed E-state index contributed by atoms with van der Waals surface area (Å²) in [4.78, 5) is 71.3. The minimum atomic E-state index is -4.72. The molecule has 1 N–H and O–H groups in total. The Morgan fingerprint density at radius 1 is 0.808 bits per heavy atom. The number of amides is 1. The molecule has 1 aliphatic heterocycles. The summed E-state index contributed by atoms with van der Waals surface area (Å²) in [5, 5.41) is 10.7. The molecule has 0 spiro atoms. The normalized spacial score (nSPS) is 14.0. The van der Waals surface area contributed by atoms with Crippen LogP contribution in [0.2, 0.25) is 0 Å². The van der Waals surface area contributed by atoms with Crippen molar-refractivity contribution in [3.05, 3.63) is 141 Å². The summed E-state index contributed by atoms with van der Waals surface area (Å²) in [6, 6.07) is 20.8. The van der Waals surface area contributed by atoms with Crippen LogP contribution in [0.3, 0.4) is 0 Å². The molecule has 2 fully saturated rings. The molecule has 2 aliphatic rings. The maximum Gasteiger partial charge on any atom is 0.418 e. The van der Waals surface area contributed by atoms with Crippen LogP contribution in [0.5, 0.6) is 0 Å². The number of carbonyl (C=O) groups is 4. The third kappa shape index (κ3) is 14.6. The van der Waals surface area contributed by atoms with Crippen molar-refractivity contribution in [1.82, 2.24) is 43.7 Å². The number of nitrogens with one attached hydrogen (secondary N) is 1. The standard InChI is InChI=1S/C48H53F3N10O5.C4H8.C2H7N/c1-54(27-35-24-43(48(49,50)51)44-30-60(47(66)61(44)28-35)41-8-5-7-34(23-41)25-45-53-52-33-57(45)4)16-17-55(2)46(65)36-10-13-39(14-11-36)58-18-20-59(21-19-58)40-15-12-37(31-63)38(26-40)29-56(3)42(32-64)9-6-22-62;1-2-4-3-1;1-3-2/h5,7-8,10-15,22-24,26,28,30-33,42H,6,9,16-21,25,27,29H2,1-4H3;1-4H2;3H,1-2H3. The fourth-order valence-electron chi connectivity index (χ4n) is 8.59. The summed E-state index contributed by atoms with van der Waals surface area (Å²) in [5.74, 6) is 0.499. The maximum absolute atomic E-state index is 14.5. The minimum Gasteiger partial charge on any atom is -0.368 e. The van der Waals surface area contributed by atoms with Crippen molar-refractivity contribution in [2.24, 2.45) is 7.05 Å². The van der Waals surface area contributed by atoms with Gasteiger partial charge in [-0.1, -0.05) is 37.8 Å². The van der Waals surface area contributed by atoms with E-state index in [1.807, 2.05) is 61.3 Å². The van der Waals surface area contributed by atoms with Gasteiger partial charge in [-0.25, -0.2) is 4.79 Å². The topological polar surface area (TPSA) is 154 Å². The Bertz CT molecular complexity index is 2830. The highest BCUT2D eigenvalue weighted by molar-refractivity contribution is 5.94. The number of halogens is 3. The molecule has 1 aliphatic carbocycles. The zero-order chi connectivity index (χ0) is 52.7. The van der Waals surface area contributed by atoms with Gasteiger partial charge in [0.1, 0.15) is 31.0 Å². The van der Waals surface area contributed by atoms with Crippen molar-refractivity contribution in [2.75, 3.05) is 84.3 Å². The summed E-state index contributed by atoms with van der Waals surface area (Å²) >= 11 is 0. The van der Waals surface area contributed by atoms with Gasteiger partial charge in [-0.2, -0.15) is 13.2 Å². The van der Waals surface area contributed by atoms with Crippen LogP contribution in [0.4, 0.5) is 24.5 Å². The van der Waals surface area contributed by atoms with E-state index in [0.717, 1.165) is 78.0 Å². The second-order valence-electron chi connectivity index (χ2n) is 18.8. The van der Waals surface area contributed by atoms with E-state index in [9.17, 15) is 37.1 Å². The fraction of sp³-hybridized carbons (Fsp3) is 0.426. The molecule has 73 heavy (non-hydrogen) atoms. The van der Waals surface area contributed by atoms with E-state index in [2.05, 4.69) is 25.3 Å². The van der Waals surface area contributed by atoms with Gasteiger partial charge in [-0.15, -0.1) is 10.2 Å². The summed E-state index contributed by atoms with van der Waals surface area (Å²) in [6.45, 7) is 4.03. The van der Waals surface area contributed by atoms with Gasteiger partial charge in [-0.05, 0) is 112 Å². The molecule has 1 amide bonds. The zero-order valence-electron chi connectivity index (χ0n) is 42.7.